The summed E-state index contributed by atoms with van der Waals surface area (Å²) in [4.78, 5) is 13.4. The average molecular weight is 288 g/mol. The highest BCUT2D eigenvalue weighted by atomic mass is 16.1. The standard InChI is InChI=1S/C13H17NO.C5H11N/c1-10-4-3-5-12(8-10)9-13(6-7-13)14-11(2)15;1-6-4-2-3-5-6/h3-5,8H,6-7,9H2,1-2H3,(H,14,15);2-5H2,1H3. The third-order valence-corrected chi connectivity index (χ3v) is 4.25. The lowest BCUT2D eigenvalue weighted by Crippen LogP contribution is -2.36. The van der Waals surface area contributed by atoms with Crippen LogP contribution in [0.25, 0.3) is 0 Å². The molecule has 116 valence electrons. The van der Waals surface area contributed by atoms with Gasteiger partial charge in [0.1, 0.15) is 0 Å². The number of carbonyl (C=O) groups is 1. The maximum atomic E-state index is 11.0. The molecule has 3 nitrogen and oxygen atoms in total. The highest BCUT2D eigenvalue weighted by Gasteiger charge is 2.43. The molecule has 0 bridgehead atoms. The zero-order valence-electron chi connectivity index (χ0n) is 13.6. The van der Waals surface area contributed by atoms with Crippen molar-refractivity contribution >= 4 is 5.91 Å². The number of carbonyl (C=O) groups excluding carboxylic acids is 1. The number of rotatable bonds is 3. The summed E-state index contributed by atoms with van der Waals surface area (Å²) in [5.41, 5.74) is 2.67. The first-order chi connectivity index (χ1) is 9.99. The summed E-state index contributed by atoms with van der Waals surface area (Å²) in [6.07, 6.45) is 6.02. The Balaban J connectivity index is 0.000000225. The monoisotopic (exact) mass is 288 g/mol. The van der Waals surface area contributed by atoms with Gasteiger partial charge in [0.25, 0.3) is 0 Å². The quantitative estimate of drug-likeness (QED) is 0.927. The van der Waals surface area contributed by atoms with Gasteiger partial charge in [-0.25, -0.2) is 0 Å². The van der Waals surface area contributed by atoms with E-state index in [1.807, 2.05) is 0 Å². The molecule has 1 saturated carbocycles. The van der Waals surface area contributed by atoms with Crippen LogP contribution in [0.15, 0.2) is 24.3 Å². The third-order valence-electron chi connectivity index (χ3n) is 4.25. The second-order valence-corrected chi connectivity index (χ2v) is 6.64. The molecular formula is C18H28N2O. The van der Waals surface area contributed by atoms with Crippen LogP contribution >= 0.6 is 0 Å². The molecule has 1 amide bonds. The van der Waals surface area contributed by atoms with Gasteiger partial charge in [0.2, 0.25) is 5.91 Å². The normalized spacial score (nSPS) is 19.6. The Bertz CT molecular complexity index is 474. The Hall–Kier alpha value is -1.35. The van der Waals surface area contributed by atoms with Crippen molar-refractivity contribution in [3.05, 3.63) is 35.4 Å². The van der Waals surface area contributed by atoms with E-state index in [4.69, 9.17) is 0 Å². The van der Waals surface area contributed by atoms with E-state index in [-0.39, 0.29) is 11.4 Å². The topological polar surface area (TPSA) is 32.3 Å². The van der Waals surface area contributed by atoms with Crippen molar-refractivity contribution in [1.29, 1.82) is 0 Å². The van der Waals surface area contributed by atoms with Gasteiger partial charge in [0.05, 0.1) is 0 Å². The number of nitrogens with zero attached hydrogens (tertiary/aromatic N) is 1. The van der Waals surface area contributed by atoms with Gasteiger partial charge in [-0.15, -0.1) is 0 Å². The second-order valence-electron chi connectivity index (χ2n) is 6.64. The van der Waals surface area contributed by atoms with E-state index in [1.54, 1.807) is 6.92 Å². The Morgan fingerprint density at radius 1 is 1.29 bits per heavy atom. The number of benzene rings is 1. The van der Waals surface area contributed by atoms with E-state index in [1.165, 1.54) is 37.1 Å². The van der Waals surface area contributed by atoms with E-state index in [2.05, 4.69) is 48.5 Å². The van der Waals surface area contributed by atoms with E-state index in [0.717, 1.165) is 19.3 Å². The number of amides is 1. The molecule has 1 aromatic rings. The van der Waals surface area contributed by atoms with Crippen LogP contribution in [0, 0.1) is 6.92 Å². The van der Waals surface area contributed by atoms with Gasteiger partial charge in [-0.05, 0) is 64.7 Å². The Kier molecular flexibility index (Phi) is 5.40. The molecule has 1 heterocycles. The van der Waals surface area contributed by atoms with Gasteiger partial charge in [-0.1, -0.05) is 29.8 Å². The highest BCUT2D eigenvalue weighted by Crippen LogP contribution is 2.38. The van der Waals surface area contributed by atoms with Crippen molar-refractivity contribution in [2.75, 3.05) is 20.1 Å². The number of nitrogens with one attached hydrogen (secondary N) is 1. The summed E-state index contributed by atoms with van der Waals surface area (Å²) in [5.74, 6) is 0.0835. The zero-order valence-corrected chi connectivity index (χ0v) is 13.6. The summed E-state index contributed by atoms with van der Waals surface area (Å²) in [7, 11) is 2.17. The maximum Gasteiger partial charge on any atom is 0.217 e. The molecule has 2 aliphatic rings. The number of aryl methyl sites for hydroxylation is 1. The average Bonchev–Trinajstić information content (AvgIpc) is 2.96. The fourth-order valence-corrected chi connectivity index (χ4v) is 2.96. The van der Waals surface area contributed by atoms with Gasteiger partial charge in [-0.2, -0.15) is 0 Å². The first-order valence-electron chi connectivity index (χ1n) is 8.02. The molecular weight excluding hydrogens is 260 g/mol. The molecule has 1 N–H and O–H groups in total. The first-order valence-corrected chi connectivity index (χ1v) is 8.02. The SMILES string of the molecule is CC(=O)NC1(Cc2cccc(C)c2)CC1.CN1CCCC1. The van der Waals surface area contributed by atoms with Gasteiger partial charge in [0.15, 0.2) is 0 Å². The summed E-state index contributed by atoms with van der Waals surface area (Å²) < 4.78 is 0. The van der Waals surface area contributed by atoms with Crippen LogP contribution in [0.4, 0.5) is 0 Å². The molecule has 2 fully saturated rings. The summed E-state index contributed by atoms with van der Waals surface area (Å²) in [5, 5.41) is 3.06. The largest absolute Gasteiger partial charge is 0.351 e. The molecule has 1 aromatic carbocycles. The number of hydrogen-bond acceptors (Lipinski definition) is 2. The van der Waals surface area contributed by atoms with E-state index in [9.17, 15) is 4.79 Å². The second kappa shape index (κ2) is 7.08. The summed E-state index contributed by atoms with van der Waals surface area (Å²) in [6, 6.07) is 8.51. The molecule has 3 heteroatoms. The predicted octanol–water partition coefficient (Wildman–Crippen LogP) is 2.92. The van der Waals surface area contributed by atoms with Crippen LogP contribution < -0.4 is 5.32 Å². The Morgan fingerprint density at radius 2 is 1.95 bits per heavy atom. The van der Waals surface area contributed by atoms with Gasteiger partial charge in [-0.3, -0.25) is 4.79 Å². The molecule has 1 aliphatic carbocycles. The lowest BCUT2D eigenvalue weighted by Gasteiger charge is -2.16. The lowest BCUT2D eigenvalue weighted by molar-refractivity contribution is -0.119. The van der Waals surface area contributed by atoms with Crippen LogP contribution in [0.1, 0.15) is 43.7 Å². The highest BCUT2D eigenvalue weighted by molar-refractivity contribution is 5.74. The van der Waals surface area contributed by atoms with Crippen molar-refractivity contribution in [3.63, 3.8) is 0 Å². The van der Waals surface area contributed by atoms with Crippen molar-refractivity contribution < 1.29 is 4.79 Å². The molecule has 0 atom stereocenters. The van der Waals surface area contributed by atoms with E-state index < -0.39 is 0 Å². The maximum absolute atomic E-state index is 11.0. The number of likely N-dealkylation sites (tertiary alicyclic amines) is 1. The van der Waals surface area contributed by atoms with Crippen molar-refractivity contribution in [1.82, 2.24) is 10.2 Å². The van der Waals surface area contributed by atoms with Crippen molar-refractivity contribution in [2.24, 2.45) is 0 Å². The zero-order chi connectivity index (χ0) is 15.3. The van der Waals surface area contributed by atoms with E-state index in [0.29, 0.717) is 0 Å². The van der Waals surface area contributed by atoms with Crippen LogP contribution in [0.5, 0.6) is 0 Å². The fourth-order valence-electron chi connectivity index (χ4n) is 2.96. The smallest absolute Gasteiger partial charge is 0.217 e. The van der Waals surface area contributed by atoms with Crippen molar-refractivity contribution in [2.45, 2.75) is 51.5 Å². The summed E-state index contributed by atoms with van der Waals surface area (Å²) in [6.45, 7) is 6.33. The molecule has 21 heavy (non-hydrogen) atoms. The molecule has 0 aromatic heterocycles. The Labute approximate surface area is 128 Å². The molecule has 1 aliphatic heterocycles. The molecule has 3 rings (SSSR count). The molecule has 0 unspecified atom stereocenters. The lowest BCUT2D eigenvalue weighted by atomic mass is 10.0. The minimum Gasteiger partial charge on any atom is -0.351 e. The molecule has 1 saturated heterocycles. The Morgan fingerprint density at radius 3 is 2.38 bits per heavy atom. The van der Waals surface area contributed by atoms with Crippen LogP contribution in [-0.2, 0) is 11.2 Å². The fraction of sp³-hybridized carbons (Fsp3) is 0.611. The summed E-state index contributed by atoms with van der Waals surface area (Å²) >= 11 is 0. The molecule has 0 spiro atoms. The van der Waals surface area contributed by atoms with Gasteiger partial charge in [0, 0.05) is 12.5 Å². The van der Waals surface area contributed by atoms with E-state index >= 15 is 0 Å². The van der Waals surface area contributed by atoms with Crippen molar-refractivity contribution in [3.8, 4) is 0 Å². The van der Waals surface area contributed by atoms with Crippen LogP contribution in [0.2, 0.25) is 0 Å². The predicted molar refractivity (Wildman–Crippen MR) is 87.4 cm³/mol. The minimum absolute atomic E-state index is 0.0691. The first kappa shape index (κ1) is 16.0. The third kappa shape index (κ3) is 5.50. The minimum atomic E-state index is 0.0691. The number of hydrogen-bond donors (Lipinski definition) is 1. The van der Waals surface area contributed by atoms with Gasteiger partial charge < -0.3 is 10.2 Å². The van der Waals surface area contributed by atoms with Crippen LogP contribution in [0.3, 0.4) is 0 Å². The van der Waals surface area contributed by atoms with Crippen LogP contribution in [-0.4, -0.2) is 36.5 Å². The van der Waals surface area contributed by atoms with Gasteiger partial charge >= 0.3 is 0 Å². The molecule has 0 radical (unpaired) electrons.